The molecule has 1 aromatic carbocycles. The number of hydrogen-bond acceptors (Lipinski definition) is 3. The molecule has 0 aliphatic heterocycles. The molecule has 0 aromatic heterocycles. The Morgan fingerprint density at radius 2 is 2.12 bits per heavy atom. The molecule has 5 heteroatoms. The molecule has 0 amide bonds. The molecule has 0 radical (unpaired) electrons. The molecule has 17 heavy (non-hydrogen) atoms. The molecule has 0 saturated carbocycles. The molecule has 3 nitrogen and oxygen atoms in total. The molecule has 0 heterocycles. The number of benzene rings is 1. The minimum Gasteiger partial charge on any atom is -0.320 e. The van der Waals surface area contributed by atoms with E-state index in [0.717, 1.165) is 0 Å². The Kier molecular flexibility index (Phi) is 4.61. The largest absolute Gasteiger partial charge is 0.320 e. The van der Waals surface area contributed by atoms with Gasteiger partial charge in [0.05, 0.1) is 6.10 Å². The highest BCUT2D eigenvalue weighted by Gasteiger charge is 2.21. The first kappa shape index (κ1) is 14.1. The Balaban J connectivity index is 2.97. The average Bonchev–Trinajstić information content (AvgIpc) is 2.13. The van der Waals surface area contributed by atoms with Crippen molar-refractivity contribution in [1.29, 1.82) is 0 Å². The van der Waals surface area contributed by atoms with Gasteiger partial charge in [-0.25, -0.2) is 4.39 Å². The summed E-state index contributed by atoms with van der Waals surface area (Å²) in [6.07, 6.45) is -0.557. The number of carbonyl (C=O) groups is 1. The van der Waals surface area contributed by atoms with Crippen molar-refractivity contribution < 1.29 is 18.3 Å². The lowest BCUT2D eigenvalue weighted by molar-refractivity contribution is -0.118. The van der Waals surface area contributed by atoms with Gasteiger partial charge in [0.1, 0.15) is 11.6 Å². The number of ketones is 1. The number of Topliss-reactive ketones (excluding diaryl/α,β-unsaturated/α-hetero) is 1. The van der Waals surface area contributed by atoms with Gasteiger partial charge in [-0.1, -0.05) is 12.1 Å². The normalized spacial score (nSPS) is 13.4. The third-order valence-electron chi connectivity index (χ3n) is 2.07. The highest BCUT2D eigenvalue weighted by Crippen LogP contribution is 2.44. The Labute approximate surface area is 100 Å². The molecule has 0 N–H and O–H groups in total. The molecular weight excluding hydrogens is 242 g/mol. The molecule has 1 aromatic rings. The van der Waals surface area contributed by atoms with Gasteiger partial charge >= 0.3 is 0 Å². The monoisotopic (exact) mass is 258 g/mol. The van der Waals surface area contributed by atoms with Crippen molar-refractivity contribution >= 4 is 13.2 Å². The van der Waals surface area contributed by atoms with Crippen LogP contribution in [0.2, 0.25) is 0 Å². The van der Waals surface area contributed by atoms with Crippen LogP contribution in [0.25, 0.3) is 0 Å². The third kappa shape index (κ3) is 5.24. The Morgan fingerprint density at radius 1 is 1.47 bits per heavy atom. The lowest BCUT2D eigenvalue weighted by Gasteiger charge is -2.19. The molecule has 0 aliphatic carbocycles. The van der Waals surface area contributed by atoms with Crippen LogP contribution in [0.15, 0.2) is 24.3 Å². The van der Waals surface area contributed by atoms with Crippen LogP contribution in [0.3, 0.4) is 0 Å². The third-order valence-corrected chi connectivity index (χ3v) is 2.84. The van der Waals surface area contributed by atoms with Crippen molar-refractivity contribution in [3.05, 3.63) is 35.6 Å². The van der Waals surface area contributed by atoms with Gasteiger partial charge in [0, 0.05) is 19.8 Å². The maximum absolute atomic E-state index is 13.1. The van der Waals surface area contributed by atoms with E-state index in [0.29, 0.717) is 5.56 Å². The summed E-state index contributed by atoms with van der Waals surface area (Å²) in [5, 5.41) is 0. The van der Waals surface area contributed by atoms with Crippen LogP contribution in [0.4, 0.5) is 4.39 Å². The standard InChI is InChI=1S/C12H16FO3P/c1-9(14)7-12(16-17(2,3)15)10-5-4-6-11(13)8-10/h4-6,8,12H,7H2,1-3H3. The fourth-order valence-electron chi connectivity index (χ4n) is 1.49. The van der Waals surface area contributed by atoms with Crippen LogP contribution < -0.4 is 0 Å². The summed E-state index contributed by atoms with van der Waals surface area (Å²) in [4.78, 5) is 11.1. The predicted octanol–water partition coefficient (Wildman–Crippen LogP) is 3.40. The first-order valence-electron chi connectivity index (χ1n) is 5.26. The van der Waals surface area contributed by atoms with Crippen molar-refractivity contribution in [2.24, 2.45) is 0 Å². The number of hydrogen-bond donors (Lipinski definition) is 0. The van der Waals surface area contributed by atoms with E-state index in [4.69, 9.17) is 4.52 Å². The Morgan fingerprint density at radius 3 is 2.59 bits per heavy atom. The summed E-state index contributed by atoms with van der Waals surface area (Å²) in [5.74, 6) is -0.491. The second-order valence-electron chi connectivity index (χ2n) is 4.31. The van der Waals surface area contributed by atoms with Gasteiger partial charge in [0.15, 0.2) is 7.37 Å². The Bertz CT molecular complexity index is 453. The van der Waals surface area contributed by atoms with Gasteiger partial charge in [0.2, 0.25) is 0 Å². The minimum absolute atomic E-state index is 0.0901. The molecular formula is C12H16FO3P. The fraction of sp³-hybridized carbons (Fsp3) is 0.417. The second kappa shape index (κ2) is 5.56. The fourth-order valence-corrected chi connectivity index (χ4v) is 2.30. The quantitative estimate of drug-likeness (QED) is 0.760. The zero-order valence-corrected chi connectivity index (χ0v) is 11.0. The van der Waals surface area contributed by atoms with Crippen molar-refractivity contribution in [3.63, 3.8) is 0 Å². The van der Waals surface area contributed by atoms with Crippen LogP contribution in [-0.2, 0) is 13.9 Å². The van der Waals surface area contributed by atoms with E-state index < -0.39 is 19.3 Å². The topological polar surface area (TPSA) is 43.4 Å². The molecule has 94 valence electrons. The van der Waals surface area contributed by atoms with Crippen LogP contribution in [0, 0.1) is 5.82 Å². The highest BCUT2D eigenvalue weighted by atomic mass is 31.2. The van der Waals surface area contributed by atoms with E-state index in [-0.39, 0.29) is 12.2 Å². The van der Waals surface area contributed by atoms with Crippen molar-refractivity contribution in [2.45, 2.75) is 19.4 Å². The van der Waals surface area contributed by atoms with Gasteiger partial charge in [-0.15, -0.1) is 0 Å². The molecule has 0 saturated heterocycles. The number of carbonyl (C=O) groups excluding carboxylic acids is 1. The lowest BCUT2D eigenvalue weighted by atomic mass is 10.1. The minimum atomic E-state index is -2.73. The highest BCUT2D eigenvalue weighted by molar-refractivity contribution is 7.57. The molecule has 0 bridgehead atoms. The van der Waals surface area contributed by atoms with E-state index in [1.165, 1.54) is 38.5 Å². The first-order chi connectivity index (χ1) is 7.78. The summed E-state index contributed by atoms with van der Waals surface area (Å²) in [7, 11) is -2.73. The maximum Gasteiger partial charge on any atom is 0.197 e. The van der Waals surface area contributed by atoms with Crippen LogP contribution >= 0.6 is 7.37 Å². The van der Waals surface area contributed by atoms with Crippen LogP contribution in [-0.4, -0.2) is 19.1 Å². The zero-order valence-electron chi connectivity index (χ0n) is 10.1. The molecule has 0 fully saturated rings. The number of rotatable bonds is 5. The average molecular weight is 258 g/mol. The van der Waals surface area contributed by atoms with E-state index in [1.807, 2.05) is 0 Å². The molecule has 1 atom stereocenters. The van der Waals surface area contributed by atoms with Gasteiger partial charge < -0.3 is 4.52 Å². The summed E-state index contributed by atoms with van der Waals surface area (Å²) in [6, 6.07) is 5.80. The van der Waals surface area contributed by atoms with E-state index in [1.54, 1.807) is 6.07 Å². The summed E-state index contributed by atoms with van der Waals surface area (Å²) >= 11 is 0. The summed E-state index contributed by atoms with van der Waals surface area (Å²) in [6.45, 7) is 4.37. The van der Waals surface area contributed by atoms with E-state index in [9.17, 15) is 13.8 Å². The van der Waals surface area contributed by atoms with E-state index in [2.05, 4.69) is 0 Å². The van der Waals surface area contributed by atoms with Gasteiger partial charge in [-0.3, -0.25) is 9.36 Å². The lowest BCUT2D eigenvalue weighted by Crippen LogP contribution is -2.07. The second-order valence-corrected chi connectivity index (χ2v) is 7.02. The van der Waals surface area contributed by atoms with Gasteiger partial charge in [0.25, 0.3) is 0 Å². The van der Waals surface area contributed by atoms with Gasteiger partial charge in [-0.05, 0) is 24.6 Å². The molecule has 0 aliphatic rings. The Hall–Kier alpha value is -0.990. The van der Waals surface area contributed by atoms with Crippen molar-refractivity contribution in [1.82, 2.24) is 0 Å². The first-order valence-corrected chi connectivity index (χ1v) is 7.78. The molecule has 0 spiro atoms. The van der Waals surface area contributed by atoms with Crippen molar-refractivity contribution in [3.8, 4) is 0 Å². The SMILES string of the molecule is CC(=O)CC(OP(C)(C)=O)c1cccc(F)c1. The van der Waals surface area contributed by atoms with Gasteiger partial charge in [-0.2, -0.15) is 0 Å². The summed E-state index contributed by atoms with van der Waals surface area (Å²) < 4.78 is 30.1. The summed E-state index contributed by atoms with van der Waals surface area (Å²) in [5.41, 5.74) is 0.532. The number of halogens is 1. The molecule has 1 unspecified atom stereocenters. The zero-order chi connectivity index (χ0) is 13.1. The molecule has 1 rings (SSSR count). The maximum atomic E-state index is 13.1. The van der Waals surface area contributed by atoms with E-state index >= 15 is 0 Å². The predicted molar refractivity (Wildman–Crippen MR) is 65.0 cm³/mol. The van der Waals surface area contributed by atoms with Crippen LogP contribution in [0.1, 0.15) is 25.0 Å². The smallest absolute Gasteiger partial charge is 0.197 e. The van der Waals surface area contributed by atoms with Crippen LogP contribution in [0.5, 0.6) is 0 Å². The van der Waals surface area contributed by atoms with Crippen molar-refractivity contribution in [2.75, 3.05) is 13.3 Å².